The van der Waals surface area contributed by atoms with Gasteiger partial charge < -0.3 is 10.2 Å². The molecule has 4 heterocycles. The summed E-state index contributed by atoms with van der Waals surface area (Å²) in [5, 5.41) is 3.96. The number of Topliss-reactive ketones (excluding diaryl/α,β-unsaturated/α-hetero) is 1. The molecule has 1 amide bonds. The van der Waals surface area contributed by atoms with Crippen molar-refractivity contribution in [2.75, 3.05) is 25.0 Å². The number of anilines is 1. The normalized spacial score (nSPS) is 22.9. The molecule has 4 nitrogen and oxygen atoms in total. The minimum absolute atomic E-state index is 0.0814. The smallest absolute Gasteiger partial charge is 0.221 e. The summed E-state index contributed by atoms with van der Waals surface area (Å²) >= 11 is 1.60. The van der Waals surface area contributed by atoms with Crippen molar-refractivity contribution in [3.63, 3.8) is 0 Å². The van der Waals surface area contributed by atoms with Gasteiger partial charge in [0.25, 0.3) is 0 Å². The lowest BCUT2D eigenvalue weighted by Crippen LogP contribution is -2.47. The highest BCUT2D eigenvalue weighted by Gasteiger charge is 2.35. The summed E-state index contributed by atoms with van der Waals surface area (Å²) in [5.74, 6) is 1.44. The van der Waals surface area contributed by atoms with Gasteiger partial charge in [-0.1, -0.05) is 30.3 Å². The fourth-order valence-electron chi connectivity index (χ4n) is 5.05. The van der Waals surface area contributed by atoms with Crippen molar-refractivity contribution in [2.24, 2.45) is 11.8 Å². The zero-order valence-corrected chi connectivity index (χ0v) is 18.0. The summed E-state index contributed by atoms with van der Waals surface area (Å²) in [6, 6.07) is 16.2. The average molecular weight is 419 g/mol. The van der Waals surface area contributed by atoms with E-state index >= 15 is 0 Å². The van der Waals surface area contributed by atoms with E-state index in [2.05, 4.69) is 34.5 Å². The van der Waals surface area contributed by atoms with E-state index in [1.165, 1.54) is 32.9 Å². The monoisotopic (exact) mass is 418 g/mol. The number of ketones is 1. The first-order chi connectivity index (χ1) is 14.6. The summed E-state index contributed by atoms with van der Waals surface area (Å²) < 4.78 is 1.13. The van der Waals surface area contributed by atoms with E-state index in [4.69, 9.17) is 0 Å². The van der Waals surface area contributed by atoms with Crippen molar-refractivity contribution in [1.29, 1.82) is 0 Å². The Kier molecular flexibility index (Phi) is 5.17. The zero-order valence-electron chi connectivity index (χ0n) is 17.2. The van der Waals surface area contributed by atoms with Gasteiger partial charge in [-0.2, -0.15) is 0 Å². The van der Waals surface area contributed by atoms with Crippen molar-refractivity contribution in [1.82, 2.24) is 4.90 Å². The Bertz CT molecular complexity index is 1110. The maximum Gasteiger partial charge on any atom is 0.221 e. The number of nitrogens with one attached hydrogen (secondary N) is 1. The number of thiophene rings is 1. The van der Waals surface area contributed by atoms with Crippen molar-refractivity contribution in [2.45, 2.75) is 26.2 Å². The van der Waals surface area contributed by atoms with Crippen LogP contribution in [-0.4, -0.2) is 36.2 Å². The Labute approximate surface area is 180 Å². The van der Waals surface area contributed by atoms with E-state index in [0.29, 0.717) is 12.3 Å². The van der Waals surface area contributed by atoms with E-state index < -0.39 is 0 Å². The average Bonchev–Trinajstić information content (AvgIpc) is 3.19. The Morgan fingerprint density at radius 2 is 1.90 bits per heavy atom. The maximum absolute atomic E-state index is 13.1. The van der Waals surface area contributed by atoms with Gasteiger partial charge in [-0.15, -0.1) is 11.3 Å². The molecule has 0 radical (unpaired) electrons. The highest BCUT2D eigenvalue weighted by molar-refractivity contribution is 7.21. The second-order valence-corrected chi connectivity index (χ2v) is 9.67. The van der Waals surface area contributed by atoms with Crippen LogP contribution in [0.3, 0.4) is 0 Å². The lowest BCUT2D eigenvalue weighted by molar-refractivity contribution is -0.114. The second-order valence-electron chi connectivity index (χ2n) is 8.62. The van der Waals surface area contributed by atoms with Gasteiger partial charge in [0.15, 0.2) is 5.78 Å². The number of benzene rings is 2. The first kappa shape index (κ1) is 19.5. The van der Waals surface area contributed by atoms with Crippen LogP contribution in [0.5, 0.6) is 0 Å². The predicted molar refractivity (Wildman–Crippen MR) is 123 cm³/mol. The van der Waals surface area contributed by atoms with E-state index in [0.717, 1.165) is 44.2 Å². The lowest BCUT2D eigenvalue weighted by atomic mass is 9.76. The molecule has 2 bridgehead atoms. The molecule has 0 spiro atoms. The summed E-state index contributed by atoms with van der Waals surface area (Å²) in [6.45, 7) is 5.01. The summed E-state index contributed by atoms with van der Waals surface area (Å²) in [6.07, 6.45) is 3.17. The number of hydrogen-bond donors (Lipinski definition) is 1. The fourth-order valence-corrected chi connectivity index (χ4v) is 6.20. The molecule has 3 aromatic rings. The number of piperidine rings is 3. The predicted octanol–water partition coefficient (Wildman–Crippen LogP) is 5.44. The van der Waals surface area contributed by atoms with Gasteiger partial charge in [0.2, 0.25) is 5.91 Å². The highest BCUT2D eigenvalue weighted by atomic mass is 32.1. The van der Waals surface area contributed by atoms with E-state index in [-0.39, 0.29) is 11.7 Å². The number of fused-ring (bicyclic) bond motifs is 4. The number of carbonyl (C=O) groups excluding carboxylic acids is 2. The third-order valence-electron chi connectivity index (χ3n) is 6.55. The van der Waals surface area contributed by atoms with Gasteiger partial charge in [-0.05, 0) is 72.5 Å². The quantitative estimate of drug-likeness (QED) is 0.561. The van der Waals surface area contributed by atoms with Crippen LogP contribution in [0.1, 0.15) is 35.9 Å². The minimum atomic E-state index is -0.0814. The number of carbonyl (C=O) groups is 2. The van der Waals surface area contributed by atoms with Gasteiger partial charge in [-0.3, -0.25) is 9.59 Å². The molecule has 0 aliphatic carbocycles. The molecule has 30 heavy (non-hydrogen) atoms. The number of hydrogen-bond acceptors (Lipinski definition) is 4. The molecule has 154 valence electrons. The van der Waals surface area contributed by atoms with Crippen LogP contribution in [0, 0.1) is 11.8 Å². The molecule has 2 aromatic carbocycles. The molecule has 6 rings (SSSR count). The van der Waals surface area contributed by atoms with Gasteiger partial charge in [0.1, 0.15) is 0 Å². The van der Waals surface area contributed by atoms with E-state index in [9.17, 15) is 9.59 Å². The SMILES string of the molecule is CC(=O)Nc1cccc(-c2cccc3cc(C(=O)C[C@@H]4CN5CCC4CC5)sc23)c1. The van der Waals surface area contributed by atoms with Gasteiger partial charge in [-0.25, -0.2) is 0 Å². The Morgan fingerprint density at radius 3 is 2.63 bits per heavy atom. The number of rotatable bonds is 5. The van der Waals surface area contributed by atoms with Gasteiger partial charge in [0.05, 0.1) is 4.88 Å². The Balaban J connectivity index is 1.42. The summed E-state index contributed by atoms with van der Waals surface area (Å²) in [7, 11) is 0. The molecule has 1 N–H and O–H groups in total. The molecule has 1 aromatic heterocycles. The van der Waals surface area contributed by atoms with Crippen molar-refractivity contribution >= 4 is 38.8 Å². The molecule has 0 saturated carbocycles. The molecule has 1 atom stereocenters. The van der Waals surface area contributed by atoms with Crippen molar-refractivity contribution in [3.8, 4) is 11.1 Å². The molecule has 5 heteroatoms. The molecule has 3 aliphatic heterocycles. The second kappa shape index (κ2) is 7.97. The summed E-state index contributed by atoms with van der Waals surface area (Å²) in [5.41, 5.74) is 2.93. The van der Waals surface area contributed by atoms with E-state index in [1.54, 1.807) is 11.3 Å². The van der Waals surface area contributed by atoms with Crippen molar-refractivity contribution < 1.29 is 9.59 Å². The Morgan fingerprint density at radius 1 is 1.10 bits per heavy atom. The van der Waals surface area contributed by atoms with E-state index in [1.807, 2.05) is 24.3 Å². The van der Waals surface area contributed by atoms with Crippen LogP contribution in [0.15, 0.2) is 48.5 Å². The van der Waals surface area contributed by atoms with Crippen LogP contribution < -0.4 is 5.32 Å². The van der Waals surface area contributed by atoms with Gasteiger partial charge >= 0.3 is 0 Å². The largest absolute Gasteiger partial charge is 0.326 e. The molecule has 3 saturated heterocycles. The highest BCUT2D eigenvalue weighted by Crippen LogP contribution is 2.38. The molecular weight excluding hydrogens is 392 g/mol. The van der Waals surface area contributed by atoms with Crippen LogP contribution in [0.25, 0.3) is 21.2 Å². The summed E-state index contributed by atoms with van der Waals surface area (Å²) in [4.78, 5) is 27.9. The van der Waals surface area contributed by atoms with Crippen LogP contribution in [0.2, 0.25) is 0 Å². The van der Waals surface area contributed by atoms with Crippen LogP contribution in [0.4, 0.5) is 5.69 Å². The molecular formula is C25H26N2O2S. The zero-order chi connectivity index (χ0) is 20.7. The Hall–Kier alpha value is -2.50. The van der Waals surface area contributed by atoms with Crippen LogP contribution in [-0.2, 0) is 4.79 Å². The third-order valence-corrected chi connectivity index (χ3v) is 7.78. The first-order valence-electron chi connectivity index (χ1n) is 10.7. The van der Waals surface area contributed by atoms with Crippen LogP contribution >= 0.6 is 11.3 Å². The third kappa shape index (κ3) is 3.80. The molecule has 0 unspecified atom stereocenters. The van der Waals surface area contributed by atoms with Crippen molar-refractivity contribution in [3.05, 3.63) is 53.4 Å². The maximum atomic E-state index is 13.1. The molecule has 3 aliphatic rings. The first-order valence-corrected chi connectivity index (χ1v) is 11.5. The number of nitrogens with zero attached hydrogens (tertiary/aromatic N) is 1. The lowest BCUT2D eigenvalue weighted by Gasteiger charge is -2.44. The topological polar surface area (TPSA) is 49.4 Å². The fraction of sp³-hybridized carbons (Fsp3) is 0.360. The van der Waals surface area contributed by atoms with Gasteiger partial charge in [0, 0.05) is 30.3 Å². The minimum Gasteiger partial charge on any atom is -0.326 e. The standard InChI is InChI=1S/C25H26N2O2S/c1-16(28)26-21-6-2-4-18(12-21)22-7-3-5-19-14-24(30-25(19)22)23(29)13-20-15-27-10-8-17(20)9-11-27/h2-7,12,14,17,20H,8-11,13,15H2,1H3,(H,26,28)/t20-/m1/s1. The number of amides is 1. The molecule has 3 fully saturated rings.